The van der Waals surface area contributed by atoms with Gasteiger partial charge in [0.1, 0.15) is 6.54 Å². The molecule has 1 aliphatic rings. The highest BCUT2D eigenvalue weighted by molar-refractivity contribution is 6.04. The monoisotopic (exact) mass is 261 g/mol. The maximum atomic E-state index is 11.7. The summed E-state index contributed by atoms with van der Waals surface area (Å²) in [5.41, 5.74) is 7.47. The van der Waals surface area contributed by atoms with Gasteiger partial charge in [-0.3, -0.25) is 9.59 Å². The van der Waals surface area contributed by atoms with Crippen molar-refractivity contribution in [2.24, 2.45) is 5.73 Å². The molecule has 1 saturated heterocycles. The largest absolute Gasteiger partial charge is 0.345 e. The number of unbranched alkanes of at least 4 members (excludes halogenated alkanes) is 1. The normalized spacial score (nSPS) is 15.5. The first-order valence-electron chi connectivity index (χ1n) is 6.57. The molecule has 2 amide bonds. The van der Waals surface area contributed by atoms with E-state index >= 15 is 0 Å². The number of rotatable bonds is 5. The standard InChI is InChI=1S/C14H19N3O2/c15-8-2-1-3-11-4-6-12(7-5-11)17-10-13(18)16-9-14(17)19/h4-7H,1-3,8-10,15H2,(H,16,18). The van der Waals surface area contributed by atoms with Gasteiger partial charge in [-0.05, 0) is 43.5 Å². The van der Waals surface area contributed by atoms with Crippen molar-refractivity contribution in [1.82, 2.24) is 5.32 Å². The van der Waals surface area contributed by atoms with E-state index in [9.17, 15) is 9.59 Å². The molecular formula is C14H19N3O2. The molecule has 2 rings (SSSR count). The molecule has 1 aromatic rings. The number of benzene rings is 1. The molecule has 102 valence electrons. The first-order valence-corrected chi connectivity index (χ1v) is 6.57. The third-order valence-corrected chi connectivity index (χ3v) is 3.21. The van der Waals surface area contributed by atoms with E-state index in [1.54, 1.807) is 0 Å². The molecule has 0 bridgehead atoms. The summed E-state index contributed by atoms with van der Waals surface area (Å²) in [5, 5.41) is 2.54. The Hall–Kier alpha value is -1.88. The Balaban J connectivity index is 2.00. The molecule has 0 aromatic heterocycles. The van der Waals surface area contributed by atoms with Crippen molar-refractivity contribution in [3.05, 3.63) is 29.8 Å². The highest BCUT2D eigenvalue weighted by atomic mass is 16.2. The van der Waals surface area contributed by atoms with Gasteiger partial charge in [0.25, 0.3) is 0 Å². The number of nitrogens with zero attached hydrogens (tertiary/aromatic N) is 1. The molecule has 0 unspecified atom stereocenters. The van der Waals surface area contributed by atoms with Crippen LogP contribution in [0.4, 0.5) is 5.69 Å². The zero-order chi connectivity index (χ0) is 13.7. The number of hydrogen-bond donors (Lipinski definition) is 2. The van der Waals surface area contributed by atoms with E-state index in [1.165, 1.54) is 10.5 Å². The quantitative estimate of drug-likeness (QED) is 0.755. The summed E-state index contributed by atoms with van der Waals surface area (Å²) in [5.74, 6) is -0.192. The van der Waals surface area contributed by atoms with Crippen LogP contribution in [0, 0.1) is 0 Å². The van der Waals surface area contributed by atoms with Crippen LogP contribution in [0.25, 0.3) is 0 Å². The Labute approximate surface area is 112 Å². The van der Waals surface area contributed by atoms with Gasteiger partial charge in [-0.2, -0.15) is 0 Å². The smallest absolute Gasteiger partial charge is 0.246 e. The zero-order valence-corrected chi connectivity index (χ0v) is 10.9. The Morgan fingerprint density at radius 1 is 1.16 bits per heavy atom. The molecule has 1 fully saturated rings. The lowest BCUT2D eigenvalue weighted by Crippen LogP contribution is -2.51. The summed E-state index contributed by atoms with van der Waals surface area (Å²) in [6, 6.07) is 7.81. The predicted molar refractivity (Wildman–Crippen MR) is 73.8 cm³/mol. The molecule has 5 heteroatoms. The zero-order valence-electron chi connectivity index (χ0n) is 10.9. The van der Waals surface area contributed by atoms with E-state index in [1.807, 2.05) is 24.3 Å². The molecule has 0 spiro atoms. The van der Waals surface area contributed by atoms with Crippen molar-refractivity contribution in [2.75, 3.05) is 24.5 Å². The van der Waals surface area contributed by atoms with Crippen molar-refractivity contribution in [3.8, 4) is 0 Å². The van der Waals surface area contributed by atoms with Crippen molar-refractivity contribution in [1.29, 1.82) is 0 Å². The van der Waals surface area contributed by atoms with Gasteiger partial charge in [-0.15, -0.1) is 0 Å². The summed E-state index contributed by atoms with van der Waals surface area (Å²) in [4.78, 5) is 24.6. The van der Waals surface area contributed by atoms with E-state index in [0.29, 0.717) is 0 Å². The second-order valence-electron chi connectivity index (χ2n) is 4.67. The van der Waals surface area contributed by atoms with Crippen molar-refractivity contribution < 1.29 is 9.59 Å². The van der Waals surface area contributed by atoms with Crippen LogP contribution in [-0.2, 0) is 16.0 Å². The number of carbonyl (C=O) groups excluding carboxylic acids is 2. The van der Waals surface area contributed by atoms with Crippen LogP contribution >= 0.6 is 0 Å². The summed E-state index contributed by atoms with van der Waals surface area (Å²) < 4.78 is 0. The number of piperazine rings is 1. The fourth-order valence-electron chi connectivity index (χ4n) is 2.11. The maximum Gasteiger partial charge on any atom is 0.246 e. The van der Waals surface area contributed by atoms with Gasteiger partial charge in [0.2, 0.25) is 11.8 Å². The molecule has 3 N–H and O–H groups in total. The van der Waals surface area contributed by atoms with E-state index in [0.717, 1.165) is 31.5 Å². The molecule has 0 radical (unpaired) electrons. The van der Waals surface area contributed by atoms with Crippen LogP contribution in [0.2, 0.25) is 0 Å². The Kier molecular flexibility index (Phi) is 4.52. The summed E-state index contributed by atoms with van der Waals surface area (Å²) in [7, 11) is 0. The minimum Gasteiger partial charge on any atom is -0.345 e. The molecule has 5 nitrogen and oxygen atoms in total. The van der Waals surface area contributed by atoms with Crippen molar-refractivity contribution >= 4 is 17.5 Å². The van der Waals surface area contributed by atoms with Crippen LogP contribution in [0.3, 0.4) is 0 Å². The number of aryl methyl sites for hydroxylation is 1. The van der Waals surface area contributed by atoms with Gasteiger partial charge in [-0.25, -0.2) is 0 Å². The summed E-state index contributed by atoms with van der Waals surface area (Å²) in [6.07, 6.45) is 3.08. The molecule has 0 atom stereocenters. The maximum absolute atomic E-state index is 11.7. The molecule has 0 saturated carbocycles. The van der Waals surface area contributed by atoms with Crippen LogP contribution < -0.4 is 16.0 Å². The second kappa shape index (κ2) is 6.33. The fraction of sp³-hybridized carbons (Fsp3) is 0.429. The Bertz CT molecular complexity index is 456. The minimum atomic E-state index is -0.119. The third-order valence-electron chi connectivity index (χ3n) is 3.21. The minimum absolute atomic E-state index is 0.0736. The van der Waals surface area contributed by atoms with Crippen LogP contribution in [0.15, 0.2) is 24.3 Å². The number of amides is 2. The van der Waals surface area contributed by atoms with E-state index in [2.05, 4.69) is 5.32 Å². The predicted octanol–water partition coefficient (Wildman–Crippen LogP) is 0.431. The number of nitrogens with one attached hydrogen (secondary N) is 1. The van der Waals surface area contributed by atoms with Gasteiger partial charge < -0.3 is 16.0 Å². The van der Waals surface area contributed by atoms with E-state index < -0.39 is 0 Å². The average molecular weight is 261 g/mol. The second-order valence-corrected chi connectivity index (χ2v) is 4.67. The van der Waals surface area contributed by atoms with Crippen molar-refractivity contribution in [3.63, 3.8) is 0 Å². The molecular weight excluding hydrogens is 242 g/mol. The molecule has 1 aromatic carbocycles. The summed E-state index contributed by atoms with van der Waals surface area (Å²) in [6.45, 7) is 0.901. The molecule has 0 aliphatic carbocycles. The Morgan fingerprint density at radius 3 is 2.58 bits per heavy atom. The molecule has 19 heavy (non-hydrogen) atoms. The SMILES string of the molecule is NCCCCc1ccc(N2CC(=O)NCC2=O)cc1. The lowest BCUT2D eigenvalue weighted by atomic mass is 10.1. The number of anilines is 1. The highest BCUT2D eigenvalue weighted by Gasteiger charge is 2.24. The van der Waals surface area contributed by atoms with E-state index in [4.69, 9.17) is 5.73 Å². The van der Waals surface area contributed by atoms with Gasteiger partial charge in [0.15, 0.2) is 0 Å². The topological polar surface area (TPSA) is 75.4 Å². The summed E-state index contributed by atoms with van der Waals surface area (Å²) >= 11 is 0. The van der Waals surface area contributed by atoms with Gasteiger partial charge in [0.05, 0.1) is 6.54 Å². The third kappa shape index (κ3) is 3.54. The highest BCUT2D eigenvalue weighted by Crippen LogP contribution is 2.17. The molecule has 1 aliphatic heterocycles. The average Bonchev–Trinajstić information content (AvgIpc) is 2.43. The number of carbonyl (C=O) groups is 2. The lowest BCUT2D eigenvalue weighted by Gasteiger charge is -2.26. The van der Waals surface area contributed by atoms with Crippen LogP contribution in [0.5, 0.6) is 0 Å². The number of hydrogen-bond acceptors (Lipinski definition) is 3. The first-order chi connectivity index (χ1) is 9.20. The lowest BCUT2D eigenvalue weighted by molar-refractivity contribution is -0.128. The van der Waals surface area contributed by atoms with Gasteiger partial charge >= 0.3 is 0 Å². The Morgan fingerprint density at radius 2 is 1.89 bits per heavy atom. The van der Waals surface area contributed by atoms with Crippen molar-refractivity contribution in [2.45, 2.75) is 19.3 Å². The fourth-order valence-corrected chi connectivity index (χ4v) is 2.11. The first kappa shape index (κ1) is 13.5. The van der Waals surface area contributed by atoms with Crippen LogP contribution in [0.1, 0.15) is 18.4 Å². The van der Waals surface area contributed by atoms with Gasteiger partial charge in [-0.1, -0.05) is 12.1 Å². The van der Waals surface area contributed by atoms with Gasteiger partial charge in [0, 0.05) is 5.69 Å². The number of nitrogens with two attached hydrogens (primary N) is 1. The van der Waals surface area contributed by atoms with E-state index in [-0.39, 0.29) is 24.9 Å². The molecule has 1 heterocycles. The van der Waals surface area contributed by atoms with Crippen LogP contribution in [-0.4, -0.2) is 31.4 Å².